The number of anilines is 3. The average molecular weight is 509 g/mol. The lowest BCUT2D eigenvalue weighted by Crippen LogP contribution is -2.50. The largest absolute Gasteiger partial charge is 0.354 e. The minimum atomic E-state index is -0.413. The Morgan fingerprint density at radius 1 is 0.972 bits per heavy atom. The molecule has 3 saturated heterocycles. The van der Waals surface area contributed by atoms with Crippen LogP contribution in [-0.4, -0.2) is 96.4 Å². The molecule has 2 N–H and O–H groups in total. The molecule has 4 heterocycles. The maximum atomic E-state index is 12.7. The Balaban J connectivity index is 1.33. The minimum Gasteiger partial charge on any atom is -0.354 e. The van der Waals surface area contributed by atoms with Gasteiger partial charge in [-0.15, -0.1) is 0 Å². The van der Waals surface area contributed by atoms with E-state index in [0.29, 0.717) is 42.7 Å². The Labute approximate surface area is 213 Å². The number of imide groups is 1. The number of para-hydroxylation sites is 1. The Kier molecular flexibility index (Phi) is 7.05. The standard InChI is InChI=1S/C24H28N8O3S/c1-29-7-9-30(10-8-29)20-16-18(15-19-21(33)28-24(35)36-19)25-22(27-20)31-11-13-32(14-12-31)23(34)26-17-5-3-2-4-6-17/h2-6,15-16H,7-14H2,1H3,(H,26,34)(H,28,33,35). The third-order valence-corrected chi connectivity index (χ3v) is 7.15. The van der Waals surface area contributed by atoms with Crippen molar-refractivity contribution >= 4 is 52.5 Å². The van der Waals surface area contributed by atoms with Crippen LogP contribution in [0.1, 0.15) is 5.69 Å². The molecule has 0 unspecified atom stereocenters. The van der Waals surface area contributed by atoms with Crippen LogP contribution >= 0.6 is 11.8 Å². The zero-order chi connectivity index (χ0) is 25.1. The van der Waals surface area contributed by atoms with Gasteiger partial charge in [0.1, 0.15) is 5.82 Å². The number of urea groups is 1. The van der Waals surface area contributed by atoms with E-state index in [9.17, 15) is 14.4 Å². The van der Waals surface area contributed by atoms with Crippen LogP contribution in [0, 0.1) is 0 Å². The van der Waals surface area contributed by atoms with E-state index in [-0.39, 0.29) is 11.3 Å². The summed E-state index contributed by atoms with van der Waals surface area (Å²) in [7, 11) is 2.10. The van der Waals surface area contributed by atoms with Crippen LogP contribution in [0.25, 0.3) is 6.08 Å². The number of carbonyl (C=O) groups is 3. The number of thioether (sulfide) groups is 1. The summed E-state index contributed by atoms with van der Waals surface area (Å²) >= 11 is 0.872. The second-order valence-corrected chi connectivity index (χ2v) is 9.88. The van der Waals surface area contributed by atoms with Gasteiger partial charge in [0.15, 0.2) is 0 Å². The van der Waals surface area contributed by atoms with Gasteiger partial charge in [0, 0.05) is 64.1 Å². The molecule has 0 spiro atoms. The molecule has 36 heavy (non-hydrogen) atoms. The van der Waals surface area contributed by atoms with E-state index in [1.165, 1.54) is 0 Å². The van der Waals surface area contributed by atoms with Crippen molar-refractivity contribution in [3.8, 4) is 0 Å². The SMILES string of the molecule is CN1CCN(c2cc(C=C3SC(=O)NC3=O)nc(N3CCN(C(=O)Nc4ccccc4)CC3)n2)CC1. The Hall–Kier alpha value is -3.64. The quantitative estimate of drug-likeness (QED) is 0.598. The number of benzene rings is 1. The topological polar surface area (TPSA) is 114 Å². The molecule has 0 radical (unpaired) electrons. The van der Waals surface area contributed by atoms with Crippen molar-refractivity contribution in [2.45, 2.75) is 0 Å². The lowest BCUT2D eigenvalue weighted by atomic mass is 10.2. The van der Waals surface area contributed by atoms with Crippen molar-refractivity contribution in [3.05, 3.63) is 47.0 Å². The van der Waals surface area contributed by atoms with Gasteiger partial charge in [0.05, 0.1) is 10.6 Å². The molecule has 11 nitrogen and oxygen atoms in total. The smallest absolute Gasteiger partial charge is 0.321 e. The van der Waals surface area contributed by atoms with Crippen LogP contribution in [-0.2, 0) is 4.79 Å². The van der Waals surface area contributed by atoms with E-state index in [0.717, 1.165) is 49.4 Å². The zero-order valence-electron chi connectivity index (χ0n) is 20.0. The van der Waals surface area contributed by atoms with Gasteiger partial charge in [-0.3, -0.25) is 14.9 Å². The highest BCUT2D eigenvalue weighted by Crippen LogP contribution is 2.27. The van der Waals surface area contributed by atoms with Crippen LogP contribution in [0.15, 0.2) is 41.3 Å². The molecule has 3 fully saturated rings. The monoisotopic (exact) mass is 508 g/mol. The first-order valence-corrected chi connectivity index (χ1v) is 12.7. The predicted octanol–water partition coefficient (Wildman–Crippen LogP) is 1.91. The third-order valence-electron chi connectivity index (χ3n) is 6.34. The number of piperazine rings is 2. The molecule has 2 aromatic rings. The number of hydrogen-bond acceptors (Lipinski definition) is 9. The fraction of sp³-hybridized carbons (Fsp3) is 0.375. The zero-order valence-corrected chi connectivity index (χ0v) is 20.8. The number of nitrogens with one attached hydrogen (secondary N) is 2. The van der Waals surface area contributed by atoms with Gasteiger partial charge >= 0.3 is 6.03 Å². The van der Waals surface area contributed by atoms with Gasteiger partial charge in [0.2, 0.25) is 5.95 Å². The van der Waals surface area contributed by atoms with Crippen molar-refractivity contribution < 1.29 is 14.4 Å². The second-order valence-electron chi connectivity index (χ2n) is 8.86. The van der Waals surface area contributed by atoms with Crippen LogP contribution in [0.2, 0.25) is 0 Å². The summed E-state index contributed by atoms with van der Waals surface area (Å²) in [5.74, 6) is 0.930. The average Bonchev–Trinajstić information content (AvgIpc) is 3.21. The molecule has 12 heteroatoms. The van der Waals surface area contributed by atoms with E-state index >= 15 is 0 Å². The maximum Gasteiger partial charge on any atom is 0.321 e. The number of carbonyl (C=O) groups excluding carboxylic acids is 3. The molecule has 0 bridgehead atoms. The normalized spacial score (nSPS) is 20.1. The number of amides is 4. The van der Waals surface area contributed by atoms with Crippen molar-refractivity contribution in [2.75, 3.05) is 74.5 Å². The summed E-state index contributed by atoms with van der Waals surface area (Å²) in [5, 5.41) is 4.83. The summed E-state index contributed by atoms with van der Waals surface area (Å²) in [5.41, 5.74) is 1.34. The molecule has 0 saturated carbocycles. The van der Waals surface area contributed by atoms with Gasteiger partial charge in [-0.25, -0.2) is 9.78 Å². The maximum absolute atomic E-state index is 12.7. The molecule has 4 amide bonds. The fourth-order valence-electron chi connectivity index (χ4n) is 4.24. The lowest BCUT2D eigenvalue weighted by Gasteiger charge is -2.36. The number of rotatable bonds is 4. The first-order valence-electron chi connectivity index (χ1n) is 11.9. The van der Waals surface area contributed by atoms with Gasteiger partial charge in [-0.2, -0.15) is 4.98 Å². The Morgan fingerprint density at radius 3 is 2.33 bits per heavy atom. The van der Waals surface area contributed by atoms with Crippen molar-refractivity contribution in [2.24, 2.45) is 0 Å². The number of likely N-dealkylation sites (N-methyl/N-ethyl adjacent to an activating group) is 1. The van der Waals surface area contributed by atoms with Gasteiger partial charge in [0.25, 0.3) is 11.1 Å². The number of nitrogens with zero attached hydrogens (tertiary/aromatic N) is 6. The number of hydrogen-bond donors (Lipinski definition) is 2. The fourth-order valence-corrected chi connectivity index (χ4v) is 4.91. The lowest BCUT2D eigenvalue weighted by molar-refractivity contribution is -0.115. The third kappa shape index (κ3) is 5.60. The summed E-state index contributed by atoms with van der Waals surface area (Å²) in [4.78, 5) is 54.6. The molecule has 1 aromatic heterocycles. The van der Waals surface area contributed by atoms with E-state index in [1.54, 1.807) is 11.0 Å². The van der Waals surface area contributed by atoms with E-state index in [2.05, 4.69) is 32.4 Å². The van der Waals surface area contributed by atoms with Gasteiger partial charge in [-0.1, -0.05) is 18.2 Å². The van der Waals surface area contributed by atoms with E-state index in [1.807, 2.05) is 36.4 Å². The summed E-state index contributed by atoms with van der Waals surface area (Å²) < 4.78 is 0. The number of aromatic nitrogens is 2. The van der Waals surface area contributed by atoms with Crippen LogP contribution in [0.4, 0.5) is 27.0 Å². The van der Waals surface area contributed by atoms with Crippen LogP contribution in [0.5, 0.6) is 0 Å². The molecule has 3 aliphatic heterocycles. The summed E-state index contributed by atoms with van der Waals surface area (Å²) in [6.07, 6.45) is 1.64. The highest BCUT2D eigenvalue weighted by atomic mass is 32.2. The van der Waals surface area contributed by atoms with Crippen molar-refractivity contribution in [1.29, 1.82) is 0 Å². The Bertz CT molecular complexity index is 1180. The molecule has 5 rings (SSSR count). The predicted molar refractivity (Wildman–Crippen MR) is 140 cm³/mol. The van der Waals surface area contributed by atoms with Gasteiger partial charge in [-0.05, 0) is 37.0 Å². The molecular weight excluding hydrogens is 480 g/mol. The van der Waals surface area contributed by atoms with Crippen LogP contribution < -0.4 is 20.4 Å². The highest BCUT2D eigenvalue weighted by molar-refractivity contribution is 8.18. The Morgan fingerprint density at radius 2 is 1.67 bits per heavy atom. The molecule has 188 valence electrons. The van der Waals surface area contributed by atoms with Gasteiger partial charge < -0.3 is 24.9 Å². The molecular formula is C24H28N8O3S. The molecule has 3 aliphatic rings. The van der Waals surface area contributed by atoms with E-state index < -0.39 is 5.91 Å². The minimum absolute atomic E-state index is 0.132. The summed E-state index contributed by atoms with van der Waals surface area (Å²) in [6.45, 7) is 5.76. The van der Waals surface area contributed by atoms with Crippen LogP contribution in [0.3, 0.4) is 0 Å². The summed E-state index contributed by atoms with van der Waals surface area (Å²) in [6, 6.07) is 11.1. The van der Waals surface area contributed by atoms with E-state index in [4.69, 9.17) is 9.97 Å². The highest BCUT2D eigenvalue weighted by Gasteiger charge is 2.27. The molecule has 0 aliphatic carbocycles. The van der Waals surface area contributed by atoms with Crippen molar-refractivity contribution in [1.82, 2.24) is 25.1 Å². The first kappa shape index (κ1) is 24.1. The van der Waals surface area contributed by atoms with Crippen molar-refractivity contribution in [3.63, 3.8) is 0 Å². The second kappa shape index (κ2) is 10.5. The molecule has 1 aromatic carbocycles. The molecule has 0 atom stereocenters. The first-order chi connectivity index (χ1) is 17.4.